The number of rotatable bonds is 6. The van der Waals surface area contributed by atoms with Gasteiger partial charge >= 0.3 is 0 Å². The number of ether oxygens (including phenoxy) is 1. The first-order chi connectivity index (χ1) is 11.0. The second kappa shape index (κ2) is 7.94. The van der Waals surface area contributed by atoms with Crippen molar-refractivity contribution in [3.8, 4) is 5.75 Å². The van der Waals surface area contributed by atoms with Gasteiger partial charge in [-0.25, -0.2) is 4.39 Å². The van der Waals surface area contributed by atoms with Crippen molar-refractivity contribution in [1.82, 2.24) is 5.32 Å². The van der Waals surface area contributed by atoms with E-state index in [2.05, 4.69) is 5.32 Å². The summed E-state index contributed by atoms with van der Waals surface area (Å²) in [6, 6.07) is 11.0. The largest absolute Gasteiger partial charge is 0.481 e. The first-order valence-electron chi connectivity index (χ1n) is 7.07. The summed E-state index contributed by atoms with van der Waals surface area (Å²) in [7, 11) is 0. The van der Waals surface area contributed by atoms with Gasteiger partial charge in [0.25, 0.3) is 5.91 Å². The molecule has 1 atom stereocenters. The van der Waals surface area contributed by atoms with Crippen LogP contribution in [0.3, 0.4) is 0 Å². The zero-order valence-electron chi connectivity index (χ0n) is 12.6. The van der Waals surface area contributed by atoms with Crippen molar-refractivity contribution < 1.29 is 19.0 Å². The lowest BCUT2D eigenvalue weighted by molar-refractivity contribution is -0.127. The van der Waals surface area contributed by atoms with Crippen LogP contribution < -0.4 is 10.1 Å². The van der Waals surface area contributed by atoms with Crippen molar-refractivity contribution in [3.05, 3.63) is 64.4 Å². The summed E-state index contributed by atoms with van der Waals surface area (Å²) in [5.74, 6) is -0.224. The monoisotopic (exact) mass is 337 g/mol. The third-order valence-corrected chi connectivity index (χ3v) is 3.49. The smallest absolute Gasteiger partial charge is 0.261 e. The van der Waals surface area contributed by atoms with Crippen molar-refractivity contribution in [2.24, 2.45) is 0 Å². The molecule has 0 saturated heterocycles. The number of aliphatic hydroxyl groups excluding tert-OH is 1. The number of carbonyl (C=O) groups is 1. The molecule has 1 unspecified atom stereocenters. The highest BCUT2D eigenvalue weighted by atomic mass is 35.5. The Labute approximate surface area is 138 Å². The average Bonchev–Trinajstić information content (AvgIpc) is 2.55. The Morgan fingerprint density at radius 3 is 2.65 bits per heavy atom. The standard InChI is InChI=1S/C17H17ClFNO3/c1-11(23-15-5-3-14(18)4-6-15)17(22)20-9-12-2-7-16(19)13(8-12)10-21/h2-8,11,21H,9-10H2,1H3,(H,20,22). The number of carbonyl (C=O) groups excluding carboxylic acids is 1. The molecule has 23 heavy (non-hydrogen) atoms. The SMILES string of the molecule is CC(Oc1ccc(Cl)cc1)C(=O)NCc1ccc(F)c(CO)c1. The summed E-state index contributed by atoms with van der Waals surface area (Å²) in [5.41, 5.74) is 0.893. The summed E-state index contributed by atoms with van der Waals surface area (Å²) in [5, 5.41) is 12.3. The van der Waals surface area contributed by atoms with Crippen LogP contribution in [0.5, 0.6) is 5.75 Å². The molecular formula is C17H17ClFNO3. The second-order valence-electron chi connectivity index (χ2n) is 5.02. The lowest BCUT2D eigenvalue weighted by atomic mass is 10.1. The summed E-state index contributed by atoms with van der Waals surface area (Å²) in [6.07, 6.45) is -0.686. The van der Waals surface area contributed by atoms with Gasteiger partial charge in [0.1, 0.15) is 11.6 Å². The fourth-order valence-corrected chi connectivity index (χ4v) is 2.09. The summed E-state index contributed by atoms with van der Waals surface area (Å²) in [6.45, 7) is 1.47. The second-order valence-corrected chi connectivity index (χ2v) is 5.45. The van der Waals surface area contributed by atoms with E-state index in [1.165, 1.54) is 12.1 Å². The molecule has 0 aliphatic heterocycles. The molecule has 0 aliphatic rings. The molecule has 0 spiro atoms. The van der Waals surface area contributed by atoms with Crippen molar-refractivity contribution in [2.45, 2.75) is 26.2 Å². The van der Waals surface area contributed by atoms with E-state index in [-0.39, 0.29) is 24.6 Å². The average molecular weight is 338 g/mol. The van der Waals surface area contributed by atoms with Gasteiger partial charge in [-0.1, -0.05) is 17.7 Å². The molecule has 0 heterocycles. The van der Waals surface area contributed by atoms with Crippen molar-refractivity contribution in [2.75, 3.05) is 0 Å². The summed E-state index contributed by atoms with van der Waals surface area (Å²) < 4.78 is 18.8. The Hall–Kier alpha value is -2.11. The molecule has 1 amide bonds. The molecule has 2 aromatic rings. The number of amides is 1. The fourth-order valence-electron chi connectivity index (χ4n) is 1.96. The number of benzene rings is 2. The highest BCUT2D eigenvalue weighted by Crippen LogP contribution is 2.17. The van der Waals surface area contributed by atoms with E-state index in [1.807, 2.05) is 0 Å². The number of aliphatic hydroxyl groups is 1. The van der Waals surface area contributed by atoms with Crippen molar-refractivity contribution in [1.29, 1.82) is 0 Å². The molecule has 0 bridgehead atoms. The molecule has 4 nitrogen and oxygen atoms in total. The molecule has 0 radical (unpaired) electrons. The number of hydrogen-bond donors (Lipinski definition) is 2. The van der Waals surface area contributed by atoms with E-state index in [1.54, 1.807) is 37.3 Å². The Balaban J connectivity index is 1.89. The van der Waals surface area contributed by atoms with Crippen LogP contribution in [0.25, 0.3) is 0 Å². The molecular weight excluding hydrogens is 321 g/mol. The first kappa shape index (κ1) is 17.2. The third-order valence-electron chi connectivity index (χ3n) is 3.24. The minimum atomic E-state index is -0.686. The molecule has 122 valence electrons. The molecule has 2 aromatic carbocycles. The van der Waals surface area contributed by atoms with Crippen LogP contribution in [0.1, 0.15) is 18.1 Å². The van der Waals surface area contributed by atoms with Gasteiger partial charge in [0.2, 0.25) is 0 Å². The normalized spacial score (nSPS) is 11.8. The highest BCUT2D eigenvalue weighted by molar-refractivity contribution is 6.30. The van der Waals surface area contributed by atoms with Gasteiger partial charge < -0.3 is 15.2 Å². The van der Waals surface area contributed by atoms with Crippen LogP contribution >= 0.6 is 11.6 Å². The quantitative estimate of drug-likeness (QED) is 0.851. The Bertz CT molecular complexity index is 676. The van der Waals surface area contributed by atoms with E-state index in [9.17, 15) is 9.18 Å². The lowest BCUT2D eigenvalue weighted by Gasteiger charge is -2.15. The number of hydrogen-bond acceptors (Lipinski definition) is 3. The van der Waals surface area contributed by atoms with Crippen LogP contribution in [0.15, 0.2) is 42.5 Å². The minimum absolute atomic E-state index is 0.196. The van der Waals surface area contributed by atoms with Gasteiger partial charge in [0.15, 0.2) is 6.10 Å². The Morgan fingerprint density at radius 1 is 1.30 bits per heavy atom. The van der Waals surface area contributed by atoms with Gasteiger partial charge in [-0.15, -0.1) is 0 Å². The van der Waals surface area contributed by atoms with Gasteiger partial charge in [-0.2, -0.15) is 0 Å². The van der Waals surface area contributed by atoms with Crippen LogP contribution in [-0.4, -0.2) is 17.1 Å². The third kappa shape index (κ3) is 4.94. The van der Waals surface area contributed by atoms with Crippen LogP contribution in [0, 0.1) is 5.82 Å². The summed E-state index contributed by atoms with van der Waals surface area (Å²) in [4.78, 5) is 12.0. The highest BCUT2D eigenvalue weighted by Gasteiger charge is 2.14. The molecule has 2 N–H and O–H groups in total. The van der Waals surface area contributed by atoms with Crippen LogP contribution in [-0.2, 0) is 17.9 Å². The van der Waals surface area contributed by atoms with E-state index < -0.39 is 11.9 Å². The van der Waals surface area contributed by atoms with Gasteiger partial charge in [-0.05, 0) is 48.9 Å². The van der Waals surface area contributed by atoms with E-state index in [4.69, 9.17) is 21.4 Å². The molecule has 0 saturated carbocycles. The molecule has 6 heteroatoms. The number of nitrogens with one attached hydrogen (secondary N) is 1. The Morgan fingerprint density at radius 2 is 2.00 bits per heavy atom. The van der Waals surface area contributed by atoms with E-state index >= 15 is 0 Å². The predicted octanol–water partition coefficient (Wildman–Crippen LogP) is 3.06. The summed E-state index contributed by atoms with van der Waals surface area (Å²) >= 11 is 5.78. The maximum Gasteiger partial charge on any atom is 0.261 e. The number of halogens is 2. The van der Waals surface area contributed by atoms with Gasteiger partial charge in [0.05, 0.1) is 6.61 Å². The fraction of sp³-hybridized carbons (Fsp3) is 0.235. The van der Waals surface area contributed by atoms with E-state index in [0.717, 1.165) is 0 Å². The van der Waals surface area contributed by atoms with Gasteiger partial charge in [0, 0.05) is 17.1 Å². The molecule has 2 rings (SSSR count). The maximum absolute atomic E-state index is 13.3. The Kier molecular flexibility index (Phi) is 5.96. The lowest BCUT2D eigenvalue weighted by Crippen LogP contribution is -2.35. The maximum atomic E-state index is 13.3. The first-order valence-corrected chi connectivity index (χ1v) is 7.45. The van der Waals surface area contributed by atoms with E-state index in [0.29, 0.717) is 16.3 Å². The molecule has 0 aliphatic carbocycles. The van der Waals surface area contributed by atoms with Crippen molar-refractivity contribution >= 4 is 17.5 Å². The molecule has 0 aromatic heterocycles. The molecule has 0 fully saturated rings. The van der Waals surface area contributed by atoms with Crippen molar-refractivity contribution in [3.63, 3.8) is 0 Å². The van der Waals surface area contributed by atoms with Gasteiger partial charge in [-0.3, -0.25) is 4.79 Å². The predicted molar refractivity (Wildman–Crippen MR) is 85.7 cm³/mol. The zero-order chi connectivity index (χ0) is 16.8. The van der Waals surface area contributed by atoms with Crippen LogP contribution in [0.2, 0.25) is 5.02 Å². The van der Waals surface area contributed by atoms with Crippen LogP contribution in [0.4, 0.5) is 4.39 Å². The topological polar surface area (TPSA) is 58.6 Å². The zero-order valence-corrected chi connectivity index (χ0v) is 13.3. The minimum Gasteiger partial charge on any atom is -0.481 e.